The smallest absolute Gasteiger partial charge is 0.344 e. The number of rotatable bonds is 5. The Morgan fingerprint density at radius 2 is 1.83 bits per heavy atom. The lowest BCUT2D eigenvalue weighted by Crippen LogP contribution is -2.54. The number of hydrogen-bond acceptors (Lipinski definition) is 5. The van der Waals surface area contributed by atoms with Gasteiger partial charge in [0.25, 0.3) is 11.8 Å². The van der Waals surface area contributed by atoms with Crippen molar-refractivity contribution in [3.05, 3.63) is 64.7 Å². The maximum atomic E-state index is 13.1. The number of ether oxygens (including phenoxy) is 1. The van der Waals surface area contributed by atoms with Gasteiger partial charge in [-0.3, -0.25) is 19.8 Å². The number of carboxylic acid groups (broad SMARTS) is 1. The third kappa shape index (κ3) is 4.38. The highest BCUT2D eigenvalue weighted by Gasteiger charge is 2.35. The summed E-state index contributed by atoms with van der Waals surface area (Å²) in [6.07, 6.45) is 0.465. The van der Waals surface area contributed by atoms with Crippen molar-refractivity contribution >= 4 is 46.9 Å². The molecule has 1 aliphatic heterocycles. The van der Waals surface area contributed by atoms with Crippen molar-refractivity contribution in [2.24, 2.45) is 0 Å². The van der Waals surface area contributed by atoms with E-state index in [9.17, 15) is 14.4 Å². The molecule has 154 valence electrons. The Kier molecular flexibility index (Phi) is 5.98. The van der Waals surface area contributed by atoms with Gasteiger partial charge in [-0.05, 0) is 68.4 Å². The van der Waals surface area contributed by atoms with E-state index in [1.165, 1.54) is 17.9 Å². The molecular weight excluding hydrogens is 404 g/mol. The summed E-state index contributed by atoms with van der Waals surface area (Å²) in [6, 6.07) is 12.0. The predicted molar refractivity (Wildman–Crippen MR) is 116 cm³/mol. The fraction of sp³-hybridized carbons (Fsp3) is 0.182. The van der Waals surface area contributed by atoms with E-state index in [2.05, 4.69) is 5.32 Å². The van der Waals surface area contributed by atoms with Crippen LogP contribution in [0, 0.1) is 13.8 Å². The van der Waals surface area contributed by atoms with E-state index < -0.39 is 23.9 Å². The summed E-state index contributed by atoms with van der Waals surface area (Å²) in [6.45, 7) is 5.24. The van der Waals surface area contributed by atoms with Crippen molar-refractivity contribution in [3.8, 4) is 5.75 Å². The molecule has 1 atom stereocenters. The molecule has 0 aromatic heterocycles. The van der Waals surface area contributed by atoms with E-state index in [0.29, 0.717) is 17.0 Å². The molecule has 0 saturated carbocycles. The molecule has 1 saturated heterocycles. The monoisotopic (exact) mass is 424 g/mol. The molecule has 0 bridgehead atoms. The highest BCUT2D eigenvalue weighted by molar-refractivity contribution is 7.80. The van der Waals surface area contributed by atoms with Gasteiger partial charge in [0.1, 0.15) is 11.3 Å². The number of hydrogen-bond donors (Lipinski definition) is 2. The second-order valence-electron chi connectivity index (χ2n) is 6.92. The second kappa shape index (κ2) is 8.46. The average Bonchev–Trinajstić information content (AvgIpc) is 2.67. The number of anilines is 1. The number of carbonyl (C=O) groups excluding carboxylic acids is 2. The number of amides is 2. The Labute approximate surface area is 179 Å². The number of nitrogens with zero attached hydrogens (tertiary/aromatic N) is 1. The van der Waals surface area contributed by atoms with Gasteiger partial charge in [-0.15, -0.1) is 0 Å². The van der Waals surface area contributed by atoms with Crippen LogP contribution in [-0.4, -0.2) is 34.1 Å². The van der Waals surface area contributed by atoms with Crippen LogP contribution < -0.4 is 15.0 Å². The lowest BCUT2D eigenvalue weighted by molar-refractivity contribution is -0.144. The van der Waals surface area contributed by atoms with Gasteiger partial charge in [-0.25, -0.2) is 4.79 Å². The first kappa shape index (κ1) is 21.2. The van der Waals surface area contributed by atoms with E-state index >= 15 is 0 Å². The molecule has 0 radical (unpaired) electrons. The van der Waals surface area contributed by atoms with Crippen LogP contribution in [0.2, 0.25) is 0 Å². The molecule has 2 aromatic carbocycles. The third-order valence-electron chi connectivity index (χ3n) is 4.55. The SMILES string of the molecule is Cc1ccc(N2C(=O)/C(=C\c3ccc(O[C@H](C)C(=O)O)cc3)C(=O)NC2=S)c(C)c1. The molecule has 0 aliphatic carbocycles. The molecule has 7 nitrogen and oxygen atoms in total. The first-order valence-corrected chi connectivity index (χ1v) is 9.56. The van der Waals surface area contributed by atoms with Crippen molar-refractivity contribution in [1.82, 2.24) is 5.32 Å². The second-order valence-corrected chi connectivity index (χ2v) is 7.30. The molecule has 8 heteroatoms. The standard InChI is InChI=1S/C22H20N2O5S/c1-12-4-9-18(13(2)10-12)24-20(26)17(19(25)23-22(24)30)11-15-5-7-16(8-6-15)29-14(3)21(27)28/h4-11,14H,1-3H3,(H,27,28)(H,23,25,30)/b17-11-/t14-/m1/s1. The van der Waals surface area contributed by atoms with Crippen LogP contribution in [0.25, 0.3) is 6.08 Å². The number of nitrogens with one attached hydrogen (secondary N) is 1. The summed E-state index contributed by atoms with van der Waals surface area (Å²) in [4.78, 5) is 37.7. The van der Waals surface area contributed by atoms with E-state index in [1.54, 1.807) is 30.3 Å². The zero-order chi connectivity index (χ0) is 22.0. The van der Waals surface area contributed by atoms with Crippen molar-refractivity contribution in [2.75, 3.05) is 4.90 Å². The van der Waals surface area contributed by atoms with Gasteiger partial charge in [-0.1, -0.05) is 29.8 Å². The van der Waals surface area contributed by atoms with Crippen LogP contribution in [0.4, 0.5) is 5.69 Å². The van der Waals surface area contributed by atoms with Gasteiger partial charge in [0.05, 0.1) is 5.69 Å². The fourth-order valence-electron chi connectivity index (χ4n) is 3.00. The van der Waals surface area contributed by atoms with E-state index in [1.807, 2.05) is 26.0 Å². The first-order chi connectivity index (χ1) is 14.2. The minimum Gasteiger partial charge on any atom is -0.479 e. The predicted octanol–water partition coefficient (Wildman–Crippen LogP) is 2.99. The Balaban J connectivity index is 1.90. The lowest BCUT2D eigenvalue weighted by Gasteiger charge is -2.30. The average molecular weight is 424 g/mol. The zero-order valence-corrected chi connectivity index (χ0v) is 17.4. The molecule has 2 N–H and O–H groups in total. The van der Waals surface area contributed by atoms with Gasteiger partial charge in [0.15, 0.2) is 11.2 Å². The van der Waals surface area contributed by atoms with Gasteiger partial charge in [0, 0.05) is 0 Å². The molecular formula is C22H20N2O5S. The van der Waals surface area contributed by atoms with Crippen molar-refractivity contribution < 1.29 is 24.2 Å². The fourth-order valence-corrected chi connectivity index (χ4v) is 3.27. The zero-order valence-electron chi connectivity index (χ0n) is 16.6. The minimum absolute atomic E-state index is 0.0282. The Hall–Kier alpha value is -3.52. The number of carboxylic acids is 1. The largest absolute Gasteiger partial charge is 0.479 e. The topological polar surface area (TPSA) is 95.9 Å². The molecule has 0 unspecified atom stereocenters. The molecule has 2 aromatic rings. The maximum Gasteiger partial charge on any atom is 0.344 e. The molecule has 30 heavy (non-hydrogen) atoms. The Morgan fingerprint density at radius 3 is 2.43 bits per heavy atom. The summed E-state index contributed by atoms with van der Waals surface area (Å²) in [5, 5.41) is 11.5. The van der Waals surface area contributed by atoms with Crippen molar-refractivity contribution in [1.29, 1.82) is 0 Å². The number of benzene rings is 2. The van der Waals surface area contributed by atoms with Crippen LogP contribution in [-0.2, 0) is 14.4 Å². The molecule has 1 heterocycles. The normalized spacial score (nSPS) is 16.4. The van der Waals surface area contributed by atoms with Crippen LogP contribution >= 0.6 is 12.2 Å². The summed E-state index contributed by atoms with van der Waals surface area (Å²) < 4.78 is 5.28. The van der Waals surface area contributed by atoms with Gasteiger partial charge in [0.2, 0.25) is 0 Å². The Morgan fingerprint density at radius 1 is 1.17 bits per heavy atom. The summed E-state index contributed by atoms with van der Waals surface area (Å²) in [5.74, 6) is -1.81. The highest BCUT2D eigenvalue weighted by Crippen LogP contribution is 2.26. The van der Waals surface area contributed by atoms with Crippen LogP contribution in [0.5, 0.6) is 5.75 Å². The van der Waals surface area contributed by atoms with Gasteiger partial charge < -0.3 is 9.84 Å². The van der Waals surface area contributed by atoms with Gasteiger partial charge in [-0.2, -0.15) is 0 Å². The molecule has 1 fully saturated rings. The minimum atomic E-state index is -1.08. The quantitative estimate of drug-likeness (QED) is 0.435. The summed E-state index contributed by atoms with van der Waals surface area (Å²) in [5.41, 5.74) is 3.03. The molecule has 0 spiro atoms. The number of thiocarbonyl (C=S) groups is 1. The summed E-state index contributed by atoms with van der Waals surface area (Å²) in [7, 11) is 0. The van der Waals surface area contributed by atoms with Crippen LogP contribution in [0.15, 0.2) is 48.0 Å². The van der Waals surface area contributed by atoms with E-state index in [4.69, 9.17) is 22.1 Å². The number of aryl methyl sites for hydroxylation is 2. The number of aliphatic carboxylic acids is 1. The van der Waals surface area contributed by atoms with Crippen molar-refractivity contribution in [2.45, 2.75) is 26.9 Å². The van der Waals surface area contributed by atoms with Crippen LogP contribution in [0.3, 0.4) is 0 Å². The van der Waals surface area contributed by atoms with Gasteiger partial charge >= 0.3 is 5.97 Å². The molecule has 2 amide bonds. The maximum absolute atomic E-state index is 13.1. The summed E-state index contributed by atoms with van der Waals surface area (Å²) >= 11 is 5.23. The Bertz CT molecular complexity index is 1080. The third-order valence-corrected chi connectivity index (χ3v) is 4.83. The van der Waals surface area contributed by atoms with E-state index in [-0.39, 0.29) is 10.7 Å². The first-order valence-electron chi connectivity index (χ1n) is 9.15. The number of carbonyl (C=O) groups is 3. The lowest BCUT2D eigenvalue weighted by atomic mass is 10.0. The van der Waals surface area contributed by atoms with Crippen molar-refractivity contribution in [3.63, 3.8) is 0 Å². The van der Waals surface area contributed by atoms with E-state index in [0.717, 1.165) is 11.1 Å². The highest BCUT2D eigenvalue weighted by atomic mass is 32.1. The van der Waals surface area contributed by atoms with Crippen LogP contribution in [0.1, 0.15) is 23.6 Å². The molecule has 1 aliphatic rings. The molecule has 3 rings (SSSR count).